The van der Waals surface area contributed by atoms with Gasteiger partial charge in [-0.15, -0.1) is 11.3 Å². The lowest BCUT2D eigenvalue weighted by atomic mass is 10.0. The standard InChI is InChI=1S/C19H27NO2S/c1-13-8-9-23-19(13)12-20(10-14(2)21)11-17-6-7-18(22-5)16(4)15(17)3/h6-9,14,21H,10-12H2,1-5H3. The van der Waals surface area contributed by atoms with Crippen molar-refractivity contribution in [2.75, 3.05) is 13.7 Å². The number of thiophene rings is 1. The average molecular weight is 333 g/mol. The van der Waals surface area contributed by atoms with E-state index in [4.69, 9.17) is 4.74 Å². The molecular weight excluding hydrogens is 306 g/mol. The topological polar surface area (TPSA) is 32.7 Å². The molecular formula is C19H27NO2S. The van der Waals surface area contributed by atoms with E-state index in [1.54, 1.807) is 18.4 Å². The summed E-state index contributed by atoms with van der Waals surface area (Å²) in [4.78, 5) is 3.69. The molecule has 0 bridgehead atoms. The van der Waals surface area contributed by atoms with Gasteiger partial charge in [0.15, 0.2) is 0 Å². The second-order valence-electron chi connectivity index (χ2n) is 6.22. The smallest absolute Gasteiger partial charge is 0.122 e. The van der Waals surface area contributed by atoms with E-state index >= 15 is 0 Å². The molecule has 4 heteroatoms. The maximum atomic E-state index is 9.85. The highest BCUT2D eigenvalue weighted by atomic mass is 32.1. The number of hydrogen-bond donors (Lipinski definition) is 1. The summed E-state index contributed by atoms with van der Waals surface area (Å²) in [5.74, 6) is 0.933. The molecule has 0 saturated heterocycles. The summed E-state index contributed by atoms with van der Waals surface area (Å²) < 4.78 is 5.40. The molecule has 0 aliphatic rings. The maximum Gasteiger partial charge on any atom is 0.122 e. The molecule has 0 spiro atoms. The van der Waals surface area contributed by atoms with Gasteiger partial charge in [-0.05, 0) is 67.5 Å². The number of aliphatic hydroxyl groups is 1. The van der Waals surface area contributed by atoms with Gasteiger partial charge >= 0.3 is 0 Å². The molecule has 1 N–H and O–H groups in total. The van der Waals surface area contributed by atoms with Gasteiger partial charge in [0.2, 0.25) is 0 Å². The van der Waals surface area contributed by atoms with E-state index in [0.29, 0.717) is 6.54 Å². The van der Waals surface area contributed by atoms with Gasteiger partial charge in [0, 0.05) is 24.5 Å². The fourth-order valence-electron chi connectivity index (χ4n) is 2.81. The van der Waals surface area contributed by atoms with Gasteiger partial charge in [-0.2, -0.15) is 0 Å². The molecule has 1 aromatic heterocycles. The molecule has 23 heavy (non-hydrogen) atoms. The molecule has 2 rings (SSSR count). The lowest BCUT2D eigenvalue weighted by Crippen LogP contribution is -2.30. The second kappa shape index (κ2) is 7.95. The Balaban J connectivity index is 2.21. The number of aryl methyl sites for hydroxylation is 1. The van der Waals surface area contributed by atoms with Crippen molar-refractivity contribution < 1.29 is 9.84 Å². The molecule has 0 radical (unpaired) electrons. The third-order valence-corrected chi connectivity index (χ3v) is 5.33. The second-order valence-corrected chi connectivity index (χ2v) is 7.22. The Morgan fingerprint density at radius 2 is 1.87 bits per heavy atom. The Hall–Kier alpha value is -1.36. The summed E-state index contributed by atoms with van der Waals surface area (Å²) in [5.41, 5.74) is 5.07. The van der Waals surface area contributed by atoms with Crippen LogP contribution in [0.4, 0.5) is 0 Å². The fraction of sp³-hybridized carbons (Fsp3) is 0.474. The van der Waals surface area contributed by atoms with E-state index in [1.807, 2.05) is 13.0 Å². The Labute approximate surface area is 143 Å². The first-order chi connectivity index (χ1) is 10.9. The van der Waals surface area contributed by atoms with Crippen LogP contribution < -0.4 is 4.74 Å². The molecule has 1 atom stereocenters. The summed E-state index contributed by atoms with van der Waals surface area (Å²) in [6.07, 6.45) is -0.338. The maximum absolute atomic E-state index is 9.85. The molecule has 0 aliphatic heterocycles. The number of methoxy groups -OCH3 is 1. The van der Waals surface area contributed by atoms with E-state index in [1.165, 1.54) is 27.1 Å². The molecule has 1 unspecified atom stereocenters. The minimum atomic E-state index is -0.338. The van der Waals surface area contributed by atoms with Crippen LogP contribution in [0.5, 0.6) is 5.75 Å². The SMILES string of the molecule is COc1ccc(CN(Cc2sccc2C)CC(C)O)c(C)c1C. The predicted molar refractivity (Wildman–Crippen MR) is 97.3 cm³/mol. The van der Waals surface area contributed by atoms with Crippen molar-refractivity contribution in [2.45, 2.75) is 46.9 Å². The number of nitrogens with zero attached hydrogens (tertiary/aromatic N) is 1. The molecule has 126 valence electrons. The van der Waals surface area contributed by atoms with E-state index in [9.17, 15) is 5.11 Å². The number of ether oxygens (including phenoxy) is 1. The van der Waals surface area contributed by atoms with Gasteiger partial charge in [-0.25, -0.2) is 0 Å². The zero-order chi connectivity index (χ0) is 17.0. The van der Waals surface area contributed by atoms with Crippen molar-refractivity contribution in [3.8, 4) is 5.75 Å². The first-order valence-electron chi connectivity index (χ1n) is 7.98. The molecule has 1 heterocycles. The normalized spacial score (nSPS) is 12.7. The van der Waals surface area contributed by atoms with Crippen molar-refractivity contribution in [3.05, 3.63) is 50.7 Å². The predicted octanol–water partition coefficient (Wildman–Crippen LogP) is 4.06. The van der Waals surface area contributed by atoms with Crippen LogP contribution in [-0.2, 0) is 13.1 Å². The third kappa shape index (κ3) is 4.56. The largest absolute Gasteiger partial charge is 0.496 e. The molecule has 3 nitrogen and oxygen atoms in total. The summed E-state index contributed by atoms with van der Waals surface area (Å²) in [7, 11) is 1.71. The van der Waals surface area contributed by atoms with Crippen molar-refractivity contribution in [1.82, 2.24) is 4.90 Å². The van der Waals surface area contributed by atoms with Crippen LogP contribution in [-0.4, -0.2) is 29.8 Å². The molecule has 0 fully saturated rings. The van der Waals surface area contributed by atoms with Crippen LogP contribution in [0.15, 0.2) is 23.6 Å². The van der Waals surface area contributed by atoms with E-state index in [2.05, 4.69) is 43.2 Å². The van der Waals surface area contributed by atoms with Gasteiger partial charge in [0.1, 0.15) is 5.75 Å². The van der Waals surface area contributed by atoms with Crippen molar-refractivity contribution >= 4 is 11.3 Å². The van der Waals surface area contributed by atoms with Gasteiger partial charge in [-0.3, -0.25) is 4.90 Å². The number of aliphatic hydroxyl groups excluding tert-OH is 1. The summed E-state index contributed by atoms with van der Waals surface area (Å²) in [6, 6.07) is 6.33. The summed E-state index contributed by atoms with van der Waals surface area (Å²) in [5, 5.41) is 12.0. The Bertz CT molecular complexity index is 649. The number of hydrogen-bond acceptors (Lipinski definition) is 4. The van der Waals surface area contributed by atoms with Crippen molar-refractivity contribution in [2.24, 2.45) is 0 Å². The molecule has 0 amide bonds. The molecule has 0 saturated carbocycles. The average Bonchev–Trinajstić information content (AvgIpc) is 2.89. The lowest BCUT2D eigenvalue weighted by Gasteiger charge is -2.25. The Kier molecular flexibility index (Phi) is 6.22. The van der Waals surface area contributed by atoms with Crippen LogP contribution >= 0.6 is 11.3 Å². The summed E-state index contributed by atoms with van der Waals surface area (Å²) in [6.45, 7) is 10.6. The van der Waals surface area contributed by atoms with E-state index in [-0.39, 0.29) is 6.10 Å². The Morgan fingerprint density at radius 3 is 2.43 bits per heavy atom. The minimum Gasteiger partial charge on any atom is -0.496 e. The van der Waals surface area contributed by atoms with E-state index < -0.39 is 0 Å². The van der Waals surface area contributed by atoms with Crippen LogP contribution in [0, 0.1) is 20.8 Å². The van der Waals surface area contributed by atoms with Crippen LogP contribution in [0.2, 0.25) is 0 Å². The Morgan fingerprint density at radius 1 is 1.13 bits per heavy atom. The molecule has 0 aliphatic carbocycles. The van der Waals surface area contributed by atoms with Crippen LogP contribution in [0.25, 0.3) is 0 Å². The minimum absolute atomic E-state index is 0.338. The molecule has 1 aromatic carbocycles. The van der Waals surface area contributed by atoms with Crippen molar-refractivity contribution in [3.63, 3.8) is 0 Å². The molecule has 2 aromatic rings. The summed E-state index contributed by atoms with van der Waals surface area (Å²) >= 11 is 1.79. The van der Waals surface area contributed by atoms with Gasteiger partial charge in [0.05, 0.1) is 13.2 Å². The highest BCUT2D eigenvalue weighted by Gasteiger charge is 2.15. The number of benzene rings is 1. The highest BCUT2D eigenvalue weighted by Crippen LogP contribution is 2.26. The zero-order valence-corrected chi connectivity index (χ0v) is 15.5. The van der Waals surface area contributed by atoms with Gasteiger partial charge in [0.25, 0.3) is 0 Å². The number of rotatable bonds is 7. The van der Waals surface area contributed by atoms with E-state index in [0.717, 1.165) is 18.8 Å². The van der Waals surface area contributed by atoms with Gasteiger partial charge < -0.3 is 9.84 Å². The first-order valence-corrected chi connectivity index (χ1v) is 8.86. The zero-order valence-electron chi connectivity index (χ0n) is 14.7. The quantitative estimate of drug-likeness (QED) is 0.829. The van der Waals surface area contributed by atoms with Crippen LogP contribution in [0.3, 0.4) is 0 Å². The fourth-order valence-corrected chi connectivity index (χ4v) is 3.76. The third-order valence-electron chi connectivity index (χ3n) is 4.32. The lowest BCUT2D eigenvalue weighted by molar-refractivity contribution is 0.118. The first kappa shape index (κ1) is 18.0. The van der Waals surface area contributed by atoms with Crippen LogP contribution in [0.1, 0.15) is 34.1 Å². The monoisotopic (exact) mass is 333 g/mol. The van der Waals surface area contributed by atoms with Crippen molar-refractivity contribution in [1.29, 1.82) is 0 Å². The van der Waals surface area contributed by atoms with Gasteiger partial charge in [-0.1, -0.05) is 6.07 Å². The highest BCUT2D eigenvalue weighted by molar-refractivity contribution is 7.10.